The van der Waals surface area contributed by atoms with Gasteiger partial charge in [-0.15, -0.1) is 0 Å². The Morgan fingerprint density at radius 3 is 1.72 bits per heavy atom. The minimum absolute atomic E-state index is 0.0643. The lowest BCUT2D eigenvalue weighted by Gasteiger charge is -2.18. The second-order valence-corrected chi connectivity index (χ2v) is 9.17. The molecule has 0 radical (unpaired) electrons. The van der Waals surface area contributed by atoms with Gasteiger partial charge in [0.25, 0.3) is 0 Å². The summed E-state index contributed by atoms with van der Waals surface area (Å²) in [5.41, 5.74) is 4.36. The topological polar surface area (TPSA) is 102 Å². The molecule has 0 spiro atoms. The van der Waals surface area contributed by atoms with Crippen LogP contribution in [0.15, 0.2) is 60.7 Å². The molecule has 0 unspecified atom stereocenters. The number of hydrogen-bond acceptors (Lipinski definition) is 5. The summed E-state index contributed by atoms with van der Waals surface area (Å²) >= 11 is 0. The second-order valence-electron chi connectivity index (χ2n) is 9.17. The van der Waals surface area contributed by atoms with Gasteiger partial charge in [0.15, 0.2) is 0 Å². The number of hydrogen-bond donors (Lipinski definition) is 5. The van der Waals surface area contributed by atoms with Gasteiger partial charge in [-0.05, 0) is 75.8 Å². The van der Waals surface area contributed by atoms with E-state index in [-0.39, 0.29) is 11.8 Å². The SMILES string of the molecule is O=C(CCCCCC(=O)NCCCNCCCCNCCC(c1ccccc1)c1ccccc1)NO. The third kappa shape index (κ3) is 13.4. The number of unbranched alkanes of at least 4 members (excludes halogenated alkanes) is 3. The van der Waals surface area contributed by atoms with Crippen molar-refractivity contribution in [2.24, 2.45) is 0 Å². The number of carbonyl (C=O) groups excluding carboxylic acids is 2. The van der Waals surface area contributed by atoms with Crippen LogP contribution in [0, 0.1) is 0 Å². The lowest BCUT2D eigenvalue weighted by atomic mass is 9.88. The molecule has 0 saturated heterocycles. The van der Waals surface area contributed by atoms with Gasteiger partial charge in [0.1, 0.15) is 0 Å². The number of amides is 2. The molecule has 2 aromatic carbocycles. The van der Waals surface area contributed by atoms with Crippen LogP contribution in [0.1, 0.15) is 74.8 Å². The molecule has 0 atom stereocenters. The van der Waals surface area contributed by atoms with E-state index < -0.39 is 0 Å². The average Bonchev–Trinajstić information content (AvgIpc) is 2.92. The molecule has 2 rings (SSSR count). The molecular weight excluding hydrogens is 452 g/mol. The monoisotopic (exact) mass is 496 g/mol. The summed E-state index contributed by atoms with van der Waals surface area (Å²) in [5, 5.41) is 18.4. The molecule has 2 amide bonds. The van der Waals surface area contributed by atoms with Gasteiger partial charge < -0.3 is 16.0 Å². The third-order valence-corrected chi connectivity index (χ3v) is 6.26. The molecule has 7 nitrogen and oxygen atoms in total. The van der Waals surface area contributed by atoms with Crippen LogP contribution in [0.4, 0.5) is 0 Å². The van der Waals surface area contributed by atoms with Crippen molar-refractivity contribution in [1.29, 1.82) is 0 Å². The normalized spacial score (nSPS) is 10.9. The molecule has 0 saturated carbocycles. The van der Waals surface area contributed by atoms with Crippen molar-refractivity contribution in [2.75, 3.05) is 32.7 Å². The Kier molecular flexibility index (Phi) is 15.9. The Bertz CT molecular complexity index is 793. The summed E-state index contributed by atoms with van der Waals surface area (Å²) in [5.74, 6) is 0.107. The first-order chi connectivity index (χ1) is 17.7. The van der Waals surface area contributed by atoms with Gasteiger partial charge in [-0.25, -0.2) is 5.48 Å². The zero-order valence-electron chi connectivity index (χ0n) is 21.5. The van der Waals surface area contributed by atoms with Gasteiger partial charge in [0.05, 0.1) is 0 Å². The number of rotatable bonds is 20. The predicted octanol–water partition coefficient (Wildman–Crippen LogP) is 4.13. The lowest BCUT2D eigenvalue weighted by Crippen LogP contribution is -2.27. The zero-order valence-corrected chi connectivity index (χ0v) is 21.5. The molecule has 36 heavy (non-hydrogen) atoms. The lowest BCUT2D eigenvalue weighted by molar-refractivity contribution is -0.129. The van der Waals surface area contributed by atoms with E-state index in [1.165, 1.54) is 11.1 Å². The first-order valence-electron chi connectivity index (χ1n) is 13.4. The molecule has 0 fully saturated rings. The molecular formula is C29H44N4O3. The summed E-state index contributed by atoms with van der Waals surface area (Å²) in [4.78, 5) is 22.7. The quantitative estimate of drug-likeness (QED) is 0.108. The summed E-state index contributed by atoms with van der Waals surface area (Å²) in [6.45, 7) is 4.61. The fraction of sp³-hybridized carbons (Fsp3) is 0.517. The van der Waals surface area contributed by atoms with Crippen LogP contribution in [-0.4, -0.2) is 49.7 Å². The van der Waals surface area contributed by atoms with Crippen molar-refractivity contribution in [2.45, 2.75) is 63.7 Å². The van der Waals surface area contributed by atoms with Crippen LogP contribution in [0.2, 0.25) is 0 Å². The predicted molar refractivity (Wildman–Crippen MR) is 145 cm³/mol. The van der Waals surface area contributed by atoms with Crippen LogP contribution in [-0.2, 0) is 9.59 Å². The van der Waals surface area contributed by atoms with Crippen LogP contribution in [0.25, 0.3) is 0 Å². The summed E-state index contributed by atoms with van der Waals surface area (Å²) in [6, 6.07) is 21.5. The molecule has 0 aromatic heterocycles. The molecule has 0 aliphatic rings. The molecule has 0 aliphatic heterocycles. The standard InChI is InChI=1S/C29H44N4O3/c34-28(17-8-3-9-18-29(35)33-36)32-23-12-22-30-20-10-11-21-31-24-19-27(25-13-4-1-5-14-25)26-15-6-2-7-16-26/h1-2,4-7,13-16,27,30-31,36H,3,8-12,17-24H2,(H,32,34)(H,33,35). The highest BCUT2D eigenvalue weighted by Crippen LogP contribution is 2.27. The molecule has 2 aromatic rings. The maximum Gasteiger partial charge on any atom is 0.243 e. The number of nitrogens with one attached hydrogen (secondary N) is 4. The largest absolute Gasteiger partial charge is 0.356 e. The van der Waals surface area contributed by atoms with Crippen molar-refractivity contribution in [1.82, 2.24) is 21.4 Å². The maximum atomic E-state index is 11.8. The van der Waals surface area contributed by atoms with Gasteiger partial charge in [0.2, 0.25) is 11.8 Å². The van der Waals surface area contributed by atoms with Gasteiger partial charge in [0, 0.05) is 25.3 Å². The van der Waals surface area contributed by atoms with E-state index in [0.717, 1.165) is 64.7 Å². The minimum Gasteiger partial charge on any atom is -0.356 e. The van der Waals surface area contributed by atoms with Crippen LogP contribution in [0.5, 0.6) is 0 Å². The zero-order chi connectivity index (χ0) is 25.7. The maximum absolute atomic E-state index is 11.8. The Morgan fingerprint density at radius 1 is 0.611 bits per heavy atom. The number of benzene rings is 2. The average molecular weight is 497 g/mol. The molecule has 0 aliphatic carbocycles. The van der Waals surface area contributed by atoms with Crippen molar-refractivity contribution in [3.8, 4) is 0 Å². The van der Waals surface area contributed by atoms with E-state index in [4.69, 9.17) is 5.21 Å². The highest BCUT2D eigenvalue weighted by atomic mass is 16.5. The highest BCUT2D eigenvalue weighted by Gasteiger charge is 2.13. The molecule has 5 N–H and O–H groups in total. The van der Waals surface area contributed by atoms with Crippen LogP contribution in [0.3, 0.4) is 0 Å². The van der Waals surface area contributed by atoms with Crippen molar-refractivity contribution >= 4 is 11.8 Å². The van der Waals surface area contributed by atoms with E-state index >= 15 is 0 Å². The van der Waals surface area contributed by atoms with E-state index in [2.05, 4.69) is 76.6 Å². The van der Waals surface area contributed by atoms with E-state index in [0.29, 0.717) is 31.7 Å². The Hall–Kier alpha value is -2.74. The minimum atomic E-state index is -0.376. The van der Waals surface area contributed by atoms with Crippen LogP contribution >= 0.6 is 0 Å². The highest BCUT2D eigenvalue weighted by molar-refractivity contribution is 5.76. The van der Waals surface area contributed by atoms with Gasteiger partial charge >= 0.3 is 0 Å². The van der Waals surface area contributed by atoms with Crippen LogP contribution < -0.4 is 21.4 Å². The first kappa shape index (κ1) is 29.5. The van der Waals surface area contributed by atoms with Crippen molar-refractivity contribution in [3.05, 3.63) is 71.8 Å². The van der Waals surface area contributed by atoms with Crippen molar-refractivity contribution in [3.63, 3.8) is 0 Å². The third-order valence-electron chi connectivity index (χ3n) is 6.26. The summed E-state index contributed by atoms with van der Waals surface area (Å²) in [7, 11) is 0. The summed E-state index contributed by atoms with van der Waals surface area (Å²) in [6.07, 6.45) is 7.30. The smallest absolute Gasteiger partial charge is 0.243 e. The van der Waals surface area contributed by atoms with Crippen molar-refractivity contribution < 1.29 is 14.8 Å². The van der Waals surface area contributed by atoms with E-state index in [1.54, 1.807) is 5.48 Å². The number of carbonyl (C=O) groups is 2. The summed E-state index contributed by atoms with van der Waals surface area (Å²) < 4.78 is 0. The Labute approximate surface area is 216 Å². The van der Waals surface area contributed by atoms with Gasteiger partial charge in [-0.2, -0.15) is 0 Å². The fourth-order valence-corrected chi connectivity index (χ4v) is 4.23. The van der Waals surface area contributed by atoms with E-state index in [1.807, 2.05) is 0 Å². The second kappa shape index (κ2) is 19.4. The first-order valence-corrected chi connectivity index (χ1v) is 13.4. The Morgan fingerprint density at radius 2 is 1.14 bits per heavy atom. The van der Waals surface area contributed by atoms with Gasteiger partial charge in [-0.1, -0.05) is 67.1 Å². The molecule has 7 heteroatoms. The molecule has 198 valence electrons. The Balaban J connectivity index is 1.42. The molecule has 0 bridgehead atoms. The van der Waals surface area contributed by atoms with E-state index in [9.17, 15) is 9.59 Å². The molecule has 0 heterocycles. The fourth-order valence-electron chi connectivity index (χ4n) is 4.23. The number of hydroxylamine groups is 1. The van der Waals surface area contributed by atoms with Gasteiger partial charge in [-0.3, -0.25) is 14.8 Å².